The highest BCUT2D eigenvalue weighted by Crippen LogP contribution is 2.21. The molecule has 0 spiro atoms. The Hall–Kier alpha value is -1.95. The second kappa shape index (κ2) is 12.9. The number of benzene rings is 1. The maximum atomic E-state index is 14.6. The van der Waals surface area contributed by atoms with E-state index in [0.29, 0.717) is 24.7 Å². The number of hydrogen-bond acceptors (Lipinski definition) is 5. The molecule has 32 heavy (non-hydrogen) atoms. The summed E-state index contributed by atoms with van der Waals surface area (Å²) in [6, 6.07) is 5.58. The first kappa shape index (κ1) is 26.3. The van der Waals surface area contributed by atoms with E-state index < -0.39 is 0 Å². The number of nitrogens with one attached hydrogen (secondary N) is 2. The molecular formula is C22H35FIN7O. The molecule has 2 N–H and O–H groups in total. The van der Waals surface area contributed by atoms with Crippen LogP contribution in [0.5, 0.6) is 0 Å². The zero-order valence-corrected chi connectivity index (χ0v) is 21.7. The monoisotopic (exact) mass is 559 g/mol. The number of halogens is 2. The number of aliphatic imine (C=N–C) groups is 1. The van der Waals surface area contributed by atoms with Crippen LogP contribution >= 0.6 is 24.0 Å². The Morgan fingerprint density at radius 1 is 1.31 bits per heavy atom. The predicted molar refractivity (Wildman–Crippen MR) is 136 cm³/mol. The van der Waals surface area contributed by atoms with Gasteiger partial charge in [0.2, 0.25) is 0 Å². The first-order valence-corrected chi connectivity index (χ1v) is 11.1. The first-order valence-electron chi connectivity index (χ1n) is 11.1. The lowest BCUT2D eigenvalue weighted by atomic mass is 10.1. The average Bonchev–Trinajstić information content (AvgIpc) is 3.16. The molecule has 0 amide bonds. The molecule has 0 bridgehead atoms. The topological polar surface area (TPSA) is 79.6 Å². The molecule has 0 fully saturated rings. The number of aryl methyl sites for hydroxylation is 1. The third-order valence-corrected chi connectivity index (χ3v) is 5.40. The average molecular weight is 559 g/mol. The Morgan fingerprint density at radius 2 is 2.09 bits per heavy atom. The van der Waals surface area contributed by atoms with Gasteiger partial charge in [0, 0.05) is 39.2 Å². The van der Waals surface area contributed by atoms with E-state index in [1.54, 1.807) is 13.2 Å². The van der Waals surface area contributed by atoms with Gasteiger partial charge in [-0.1, -0.05) is 6.07 Å². The van der Waals surface area contributed by atoms with Gasteiger partial charge in [0.25, 0.3) is 0 Å². The maximum Gasteiger partial charge on any atom is 0.191 e. The summed E-state index contributed by atoms with van der Waals surface area (Å²) in [4.78, 5) is 11.2. The van der Waals surface area contributed by atoms with Crippen LogP contribution in [0.2, 0.25) is 0 Å². The lowest BCUT2D eigenvalue weighted by Gasteiger charge is -2.25. The number of nitrogens with zero attached hydrogens (tertiary/aromatic N) is 5. The van der Waals surface area contributed by atoms with Crippen molar-refractivity contribution >= 4 is 35.6 Å². The Kier molecular flexibility index (Phi) is 10.6. The zero-order valence-electron chi connectivity index (χ0n) is 19.4. The summed E-state index contributed by atoms with van der Waals surface area (Å²) in [7, 11) is 1.65. The van der Waals surface area contributed by atoms with Crippen LogP contribution in [-0.2, 0) is 30.9 Å². The predicted octanol–water partition coefficient (Wildman–Crippen LogP) is 3.10. The minimum Gasteiger partial charge on any atom is -0.377 e. The van der Waals surface area contributed by atoms with E-state index >= 15 is 0 Å². The van der Waals surface area contributed by atoms with Crippen molar-refractivity contribution in [1.82, 2.24) is 25.4 Å². The fraction of sp³-hybridized carbons (Fsp3) is 0.591. The molecule has 1 unspecified atom stereocenters. The van der Waals surface area contributed by atoms with E-state index in [0.717, 1.165) is 56.4 Å². The smallest absolute Gasteiger partial charge is 0.191 e. The van der Waals surface area contributed by atoms with Crippen molar-refractivity contribution in [2.45, 2.75) is 59.4 Å². The quantitative estimate of drug-likeness (QED) is 0.280. The number of methoxy groups -OCH3 is 1. The third kappa shape index (κ3) is 6.77. The van der Waals surface area contributed by atoms with Crippen LogP contribution < -0.4 is 15.5 Å². The Labute approximate surface area is 207 Å². The third-order valence-electron chi connectivity index (χ3n) is 5.40. The second-order valence-corrected chi connectivity index (χ2v) is 7.59. The number of aromatic nitrogens is 3. The highest BCUT2D eigenvalue weighted by atomic mass is 127. The fourth-order valence-corrected chi connectivity index (χ4v) is 3.82. The molecule has 1 atom stereocenters. The molecule has 2 aromatic rings. The van der Waals surface area contributed by atoms with E-state index in [4.69, 9.17) is 4.74 Å². The molecule has 10 heteroatoms. The normalized spacial score (nSPS) is 15.7. The van der Waals surface area contributed by atoms with E-state index in [2.05, 4.69) is 25.7 Å². The Balaban J connectivity index is 0.00000363. The van der Waals surface area contributed by atoms with Gasteiger partial charge in [-0.05, 0) is 44.9 Å². The molecule has 2 heterocycles. The van der Waals surface area contributed by atoms with Crippen molar-refractivity contribution in [3.8, 4) is 0 Å². The number of guanidine groups is 1. The van der Waals surface area contributed by atoms with Gasteiger partial charge in [0.1, 0.15) is 18.2 Å². The van der Waals surface area contributed by atoms with Gasteiger partial charge < -0.3 is 20.3 Å². The maximum absolute atomic E-state index is 14.6. The van der Waals surface area contributed by atoms with Crippen molar-refractivity contribution in [1.29, 1.82) is 0 Å². The summed E-state index contributed by atoms with van der Waals surface area (Å²) in [6.45, 7) is 9.95. The lowest BCUT2D eigenvalue weighted by Crippen LogP contribution is -2.47. The van der Waals surface area contributed by atoms with Gasteiger partial charge in [-0.25, -0.2) is 19.0 Å². The summed E-state index contributed by atoms with van der Waals surface area (Å²) >= 11 is 0. The summed E-state index contributed by atoms with van der Waals surface area (Å²) in [6.07, 6.45) is 1.80. The lowest BCUT2D eigenvalue weighted by molar-refractivity contribution is 0.177. The van der Waals surface area contributed by atoms with E-state index in [1.165, 1.54) is 0 Å². The minimum absolute atomic E-state index is 0. The molecular weight excluding hydrogens is 524 g/mol. The van der Waals surface area contributed by atoms with Crippen molar-refractivity contribution < 1.29 is 9.13 Å². The SMILES string of the molecule is CCNC(=NCc1ccc(N(CC)CC)c(F)c1)NC1CCc2nc(COC)nn2C1.I. The second-order valence-electron chi connectivity index (χ2n) is 7.59. The highest BCUT2D eigenvalue weighted by Gasteiger charge is 2.22. The van der Waals surface area contributed by atoms with Gasteiger partial charge in [0.05, 0.1) is 18.8 Å². The van der Waals surface area contributed by atoms with Crippen LogP contribution in [0.4, 0.5) is 10.1 Å². The summed E-state index contributed by atoms with van der Waals surface area (Å²) in [5.74, 6) is 2.23. The minimum atomic E-state index is -0.202. The van der Waals surface area contributed by atoms with E-state index in [1.807, 2.05) is 42.5 Å². The molecule has 1 aliphatic rings. The zero-order chi connectivity index (χ0) is 22.2. The Bertz CT molecular complexity index is 885. The number of ether oxygens (including phenoxy) is 1. The molecule has 0 saturated carbocycles. The highest BCUT2D eigenvalue weighted by molar-refractivity contribution is 14.0. The number of anilines is 1. The molecule has 1 aliphatic heterocycles. The number of hydrogen-bond donors (Lipinski definition) is 2. The van der Waals surface area contributed by atoms with Crippen LogP contribution in [0.25, 0.3) is 0 Å². The van der Waals surface area contributed by atoms with E-state index in [9.17, 15) is 4.39 Å². The van der Waals surface area contributed by atoms with Crippen molar-refractivity contribution in [3.63, 3.8) is 0 Å². The summed E-state index contributed by atoms with van der Waals surface area (Å²) in [5, 5.41) is 11.3. The molecule has 178 valence electrons. The first-order chi connectivity index (χ1) is 15.1. The van der Waals surface area contributed by atoms with Crippen molar-refractivity contribution in [3.05, 3.63) is 41.2 Å². The molecule has 1 aromatic carbocycles. The molecule has 1 aromatic heterocycles. The summed E-state index contributed by atoms with van der Waals surface area (Å²) in [5.41, 5.74) is 1.48. The fourth-order valence-electron chi connectivity index (χ4n) is 3.82. The van der Waals surface area contributed by atoms with Gasteiger partial charge in [-0.15, -0.1) is 24.0 Å². The van der Waals surface area contributed by atoms with Crippen molar-refractivity contribution in [2.75, 3.05) is 31.6 Å². The summed E-state index contributed by atoms with van der Waals surface area (Å²) < 4.78 is 21.6. The molecule has 0 radical (unpaired) electrons. The number of fused-ring (bicyclic) bond motifs is 1. The largest absolute Gasteiger partial charge is 0.377 e. The van der Waals surface area contributed by atoms with Crippen LogP contribution in [-0.4, -0.2) is 53.5 Å². The number of rotatable bonds is 9. The molecule has 0 aliphatic carbocycles. The van der Waals surface area contributed by atoms with Gasteiger partial charge in [-0.2, -0.15) is 5.10 Å². The van der Waals surface area contributed by atoms with E-state index in [-0.39, 0.29) is 35.8 Å². The van der Waals surface area contributed by atoms with Crippen molar-refractivity contribution in [2.24, 2.45) is 4.99 Å². The van der Waals surface area contributed by atoms with Gasteiger partial charge in [-0.3, -0.25) is 0 Å². The van der Waals surface area contributed by atoms with Crippen LogP contribution in [0, 0.1) is 5.82 Å². The van der Waals surface area contributed by atoms with Crippen LogP contribution in [0.15, 0.2) is 23.2 Å². The standard InChI is InChI=1S/C22H34FN7O.HI/c1-5-24-22(25-13-16-8-10-19(18(23)12-16)29(6-2)7-3)26-17-9-11-21-27-20(15-31-4)28-30(21)14-17;/h8,10,12,17H,5-7,9,11,13-15H2,1-4H3,(H2,24,25,26);1H. The van der Waals surface area contributed by atoms with Gasteiger partial charge in [0.15, 0.2) is 11.8 Å². The van der Waals surface area contributed by atoms with Crippen LogP contribution in [0.1, 0.15) is 44.4 Å². The Morgan fingerprint density at radius 3 is 2.75 bits per heavy atom. The molecule has 3 rings (SSSR count). The molecule has 8 nitrogen and oxygen atoms in total. The van der Waals surface area contributed by atoms with Crippen LogP contribution in [0.3, 0.4) is 0 Å². The van der Waals surface area contributed by atoms with Gasteiger partial charge >= 0.3 is 0 Å². The molecule has 0 saturated heterocycles.